The molecule has 2 rings (SSSR count). The number of aldehydes is 1. The molecule has 4 heteroatoms. The second kappa shape index (κ2) is 4.05. The van der Waals surface area contributed by atoms with Crippen LogP contribution >= 0.6 is 0 Å². The third-order valence-corrected chi connectivity index (χ3v) is 2.87. The number of aromatic hydroxyl groups is 1. The molecule has 0 aliphatic carbocycles. The van der Waals surface area contributed by atoms with E-state index in [0.29, 0.717) is 11.3 Å². The highest BCUT2D eigenvalue weighted by Gasteiger charge is 2.13. The van der Waals surface area contributed by atoms with Gasteiger partial charge in [0.1, 0.15) is 5.75 Å². The maximum absolute atomic E-state index is 10.9. The molecule has 1 N–H and O–H groups in total. The van der Waals surface area contributed by atoms with Gasteiger partial charge in [-0.2, -0.15) is 5.10 Å². The van der Waals surface area contributed by atoms with E-state index >= 15 is 0 Å². The fourth-order valence-electron chi connectivity index (χ4n) is 1.94. The first-order chi connectivity index (χ1) is 8.04. The molecule has 0 saturated carbocycles. The zero-order chi connectivity index (χ0) is 12.6. The van der Waals surface area contributed by atoms with E-state index in [-0.39, 0.29) is 5.75 Å². The van der Waals surface area contributed by atoms with Crippen molar-refractivity contribution in [1.29, 1.82) is 0 Å². The molecule has 1 heterocycles. The van der Waals surface area contributed by atoms with Gasteiger partial charge >= 0.3 is 0 Å². The van der Waals surface area contributed by atoms with Crippen LogP contribution in [0.5, 0.6) is 5.75 Å². The summed E-state index contributed by atoms with van der Waals surface area (Å²) in [6.07, 6.45) is 0.823. The first kappa shape index (κ1) is 11.4. The Balaban J connectivity index is 2.65. The van der Waals surface area contributed by atoms with Crippen molar-refractivity contribution in [3.8, 4) is 11.4 Å². The molecule has 0 amide bonds. The van der Waals surface area contributed by atoms with Gasteiger partial charge in [-0.05, 0) is 44.5 Å². The summed E-state index contributed by atoms with van der Waals surface area (Å²) in [5.41, 5.74) is 3.93. The van der Waals surface area contributed by atoms with Crippen molar-refractivity contribution >= 4 is 6.29 Å². The summed E-state index contributed by atoms with van der Waals surface area (Å²) in [6.45, 7) is 5.56. The predicted octanol–water partition coefficient (Wildman–Crippen LogP) is 2.32. The molecule has 0 saturated heterocycles. The van der Waals surface area contributed by atoms with Gasteiger partial charge in [-0.3, -0.25) is 4.79 Å². The molecule has 0 radical (unpaired) electrons. The number of phenolic OH excluding ortho intramolecular Hbond substituents is 1. The van der Waals surface area contributed by atoms with Crippen LogP contribution in [0.3, 0.4) is 0 Å². The smallest absolute Gasteiger partial charge is 0.153 e. The molecule has 0 aliphatic heterocycles. The Morgan fingerprint density at radius 3 is 2.53 bits per heavy atom. The van der Waals surface area contributed by atoms with Gasteiger partial charge in [-0.15, -0.1) is 0 Å². The van der Waals surface area contributed by atoms with Crippen LogP contribution in [0.4, 0.5) is 0 Å². The number of rotatable bonds is 2. The molecule has 1 aromatic heterocycles. The molecule has 0 spiro atoms. The van der Waals surface area contributed by atoms with Gasteiger partial charge in [0.05, 0.1) is 22.6 Å². The summed E-state index contributed by atoms with van der Waals surface area (Å²) >= 11 is 0. The van der Waals surface area contributed by atoms with Crippen LogP contribution in [0.15, 0.2) is 18.2 Å². The number of phenols is 1. The average molecular weight is 230 g/mol. The Labute approximate surface area is 99.5 Å². The first-order valence-corrected chi connectivity index (χ1v) is 5.36. The fourth-order valence-corrected chi connectivity index (χ4v) is 1.94. The zero-order valence-electron chi connectivity index (χ0n) is 10.1. The van der Waals surface area contributed by atoms with E-state index in [1.807, 2.05) is 20.8 Å². The Hall–Kier alpha value is -2.10. The lowest BCUT2D eigenvalue weighted by Gasteiger charge is -2.08. The van der Waals surface area contributed by atoms with E-state index in [2.05, 4.69) is 5.10 Å². The molecule has 17 heavy (non-hydrogen) atoms. The quantitative estimate of drug-likeness (QED) is 0.805. The number of carbonyl (C=O) groups is 1. The predicted molar refractivity (Wildman–Crippen MR) is 64.8 cm³/mol. The number of benzene rings is 1. The number of carbonyl (C=O) groups excluding carboxylic acids is 1. The van der Waals surface area contributed by atoms with Gasteiger partial charge in [0, 0.05) is 0 Å². The Kier molecular flexibility index (Phi) is 2.71. The maximum Gasteiger partial charge on any atom is 0.153 e. The number of aromatic nitrogens is 2. The van der Waals surface area contributed by atoms with Crippen molar-refractivity contribution in [2.75, 3.05) is 0 Å². The van der Waals surface area contributed by atoms with E-state index in [0.717, 1.165) is 23.2 Å². The highest BCUT2D eigenvalue weighted by atomic mass is 16.3. The summed E-state index contributed by atoms with van der Waals surface area (Å²) < 4.78 is 1.73. The van der Waals surface area contributed by atoms with Crippen molar-refractivity contribution in [2.24, 2.45) is 0 Å². The van der Waals surface area contributed by atoms with Gasteiger partial charge in [0.25, 0.3) is 0 Å². The van der Waals surface area contributed by atoms with Gasteiger partial charge in [0.2, 0.25) is 0 Å². The lowest BCUT2D eigenvalue weighted by molar-refractivity contribution is 0.112. The standard InChI is InChI=1S/C13H14N2O2/c1-8-6-11(17)4-5-13(8)15-10(3)12(7-16)9(2)14-15/h4-7,17H,1-3H3. The monoisotopic (exact) mass is 230 g/mol. The summed E-state index contributed by atoms with van der Waals surface area (Å²) in [6, 6.07) is 5.07. The van der Waals surface area contributed by atoms with Gasteiger partial charge < -0.3 is 5.11 Å². The molecule has 0 atom stereocenters. The molecule has 0 aliphatic rings. The second-order valence-corrected chi connectivity index (χ2v) is 4.08. The van der Waals surface area contributed by atoms with E-state index in [9.17, 15) is 9.90 Å². The van der Waals surface area contributed by atoms with Gasteiger partial charge in [-0.25, -0.2) is 4.68 Å². The van der Waals surface area contributed by atoms with Crippen molar-refractivity contribution < 1.29 is 9.90 Å². The molecule has 0 fully saturated rings. The molecule has 4 nitrogen and oxygen atoms in total. The number of aryl methyl sites for hydroxylation is 2. The van der Waals surface area contributed by atoms with Crippen LogP contribution in [0, 0.1) is 20.8 Å². The fraction of sp³-hybridized carbons (Fsp3) is 0.231. The third-order valence-electron chi connectivity index (χ3n) is 2.87. The van der Waals surface area contributed by atoms with E-state index in [4.69, 9.17) is 0 Å². The van der Waals surface area contributed by atoms with E-state index < -0.39 is 0 Å². The van der Waals surface area contributed by atoms with Crippen molar-refractivity contribution in [3.63, 3.8) is 0 Å². The SMILES string of the molecule is Cc1cc(O)ccc1-n1nc(C)c(C=O)c1C. The average Bonchev–Trinajstić information content (AvgIpc) is 2.54. The minimum Gasteiger partial charge on any atom is -0.508 e. The van der Waals surface area contributed by atoms with Gasteiger partial charge in [0.15, 0.2) is 6.29 Å². The largest absolute Gasteiger partial charge is 0.508 e. The van der Waals surface area contributed by atoms with E-state index in [1.165, 1.54) is 0 Å². The molecule has 1 aromatic carbocycles. The normalized spacial score (nSPS) is 10.5. The van der Waals surface area contributed by atoms with Crippen molar-refractivity contribution in [1.82, 2.24) is 9.78 Å². The molecule has 0 bridgehead atoms. The number of hydrogen-bond donors (Lipinski definition) is 1. The summed E-state index contributed by atoms with van der Waals surface area (Å²) in [4.78, 5) is 10.9. The maximum atomic E-state index is 10.9. The molecular weight excluding hydrogens is 216 g/mol. The van der Waals surface area contributed by atoms with Crippen LogP contribution < -0.4 is 0 Å². The van der Waals surface area contributed by atoms with Crippen LogP contribution in [0.2, 0.25) is 0 Å². The highest BCUT2D eigenvalue weighted by molar-refractivity contribution is 5.78. The summed E-state index contributed by atoms with van der Waals surface area (Å²) in [5.74, 6) is 0.225. The second-order valence-electron chi connectivity index (χ2n) is 4.08. The molecular formula is C13H14N2O2. The Bertz CT molecular complexity index is 585. The Morgan fingerprint density at radius 2 is 2.00 bits per heavy atom. The topological polar surface area (TPSA) is 55.1 Å². The molecule has 88 valence electrons. The first-order valence-electron chi connectivity index (χ1n) is 5.36. The van der Waals surface area contributed by atoms with Gasteiger partial charge in [-0.1, -0.05) is 0 Å². The molecule has 0 unspecified atom stereocenters. The zero-order valence-corrected chi connectivity index (χ0v) is 10.1. The van der Waals surface area contributed by atoms with Crippen LogP contribution in [-0.4, -0.2) is 21.2 Å². The number of hydrogen-bond acceptors (Lipinski definition) is 3. The Morgan fingerprint density at radius 1 is 1.29 bits per heavy atom. The number of nitrogens with zero attached hydrogens (tertiary/aromatic N) is 2. The van der Waals surface area contributed by atoms with E-state index in [1.54, 1.807) is 22.9 Å². The van der Waals surface area contributed by atoms with Crippen molar-refractivity contribution in [3.05, 3.63) is 40.7 Å². The minimum absolute atomic E-state index is 0.225. The minimum atomic E-state index is 0.225. The lowest BCUT2D eigenvalue weighted by atomic mass is 10.2. The van der Waals surface area contributed by atoms with Crippen molar-refractivity contribution in [2.45, 2.75) is 20.8 Å². The van der Waals surface area contributed by atoms with Crippen LogP contribution in [-0.2, 0) is 0 Å². The lowest BCUT2D eigenvalue weighted by Crippen LogP contribution is -2.01. The highest BCUT2D eigenvalue weighted by Crippen LogP contribution is 2.22. The van der Waals surface area contributed by atoms with Crippen LogP contribution in [0.1, 0.15) is 27.3 Å². The third kappa shape index (κ3) is 1.82. The van der Waals surface area contributed by atoms with Crippen LogP contribution in [0.25, 0.3) is 5.69 Å². The molecule has 2 aromatic rings. The summed E-state index contributed by atoms with van der Waals surface area (Å²) in [7, 11) is 0. The summed E-state index contributed by atoms with van der Waals surface area (Å²) in [5, 5.41) is 13.7.